The van der Waals surface area contributed by atoms with Gasteiger partial charge in [-0.25, -0.2) is 9.18 Å². The monoisotopic (exact) mass is 407 g/mol. The van der Waals surface area contributed by atoms with Gasteiger partial charge in [-0.05, 0) is 58.6 Å². The Kier molecular flexibility index (Phi) is 5.76. The number of nitrogens with zero attached hydrogens (tertiary/aromatic N) is 1. The predicted octanol–water partition coefficient (Wildman–Crippen LogP) is 2.90. The van der Waals surface area contributed by atoms with E-state index in [1.807, 2.05) is 4.90 Å². The minimum Gasteiger partial charge on any atom is -0.478 e. The number of carbonyl (C=O) groups is 2. The lowest BCUT2D eigenvalue weighted by molar-refractivity contribution is -0.157. The van der Waals surface area contributed by atoms with Crippen molar-refractivity contribution in [3.05, 3.63) is 23.0 Å². The first kappa shape index (κ1) is 21.4. The third-order valence-corrected chi connectivity index (χ3v) is 5.38. The van der Waals surface area contributed by atoms with Crippen LogP contribution in [0.25, 0.3) is 0 Å². The summed E-state index contributed by atoms with van der Waals surface area (Å²) >= 11 is 0. The van der Waals surface area contributed by atoms with Crippen LogP contribution >= 0.6 is 0 Å². The van der Waals surface area contributed by atoms with Crippen LogP contribution in [0.4, 0.5) is 15.8 Å². The van der Waals surface area contributed by atoms with E-state index in [1.165, 1.54) is 0 Å². The maximum Gasteiger partial charge on any atom is 0.337 e. The zero-order chi connectivity index (χ0) is 21.5. The molecule has 1 saturated heterocycles. The van der Waals surface area contributed by atoms with E-state index in [9.17, 15) is 19.1 Å². The Labute approximate surface area is 170 Å². The first-order valence-corrected chi connectivity index (χ1v) is 10.0. The summed E-state index contributed by atoms with van der Waals surface area (Å²) in [6.07, 6.45) is 2.58. The maximum atomic E-state index is 14.9. The number of nitrogens with two attached hydrogens (primary N) is 1. The zero-order valence-corrected chi connectivity index (χ0v) is 17.4. The van der Waals surface area contributed by atoms with Gasteiger partial charge in [0.1, 0.15) is 17.5 Å². The van der Waals surface area contributed by atoms with Crippen molar-refractivity contribution in [3.63, 3.8) is 0 Å². The van der Waals surface area contributed by atoms with Crippen LogP contribution in [0, 0.1) is 18.7 Å². The van der Waals surface area contributed by atoms with E-state index in [-0.39, 0.29) is 17.5 Å². The molecule has 1 saturated carbocycles. The summed E-state index contributed by atoms with van der Waals surface area (Å²) < 4.78 is 20.3. The van der Waals surface area contributed by atoms with E-state index in [2.05, 4.69) is 5.32 Å². The van der Waals surface area contributed by atoms with Gasteiger partial charge in [0.2, 0.25) is 0 Å². The largest absolute Gasteiger partial charge is 0.478 e. The Balaban J connectivity index is 1.82. The van der Waals surface area contributed by atoms with Crippen LogP contribution in [0.15, 0.2) is 6.07 Å². The lowest BCUT2D eigenvalue weighted by Gasteiger charge is -2.27. The summed E-state index contributed by atoms with van der Waals surface area (Å²) in [5, 5.41) is 12.7. The molecule has 0 radical (unpaired) electrons. The molecule has 2 fully saturated rings. The highest BCUT2D eigenvalue weighted by Crippen LogP contribution is 2.38. The Bertz CT molecular complexity index is 817. The van der Waals surface area contributed by atoms with Crippen molar-refractivity contribution in [2.24, 2.45) is 11.7 Å². The third-order valence-electron chi connectivity index (χ3n) is 5.38. The van der Waals surface area contributed by atoms with Crippen LogP contribution in [0.1, 0.15) is 56.0 Å². The average Bonchev–Trinajstić information content (AvgIpc) is 3.29. The minimum absolute atomic E-state index is 0.0585. The zero-order valence-electron chi connectivity index (χ0n) is 17.4. The molecule has 29 heavy (non-hydrogen) atoms. The lowest BCUT2D eigenvalue weighted by atomic mass is 9.99. The Morgan fingerprint density at radius 1 is 1.34 bits per heavy atom. The maximum absolute atomic E-state index is 14.9. The first-order valence-electron chi connectivity index (χ1n) is 10.0. The van der Waals surface area contributed by atoms with Gasteiger partial charge in [-0.15, -0.1) is 0 Å². The number of hydrogen-bond donors (Lipinski definition) is 3. The summed E-state index contributed by atoms with van der Waals surface area (Å²) in [7, 11) is 0. The van der Waals surface area contributed by atoms with Crippen LogP contribution in [0.5, 0.6) is 0 Å². The summed E-state index contributed by atoms with van der Waals surface area (Å²) in [6.45, 7) is 8.04. The van der Waals surface area contributed by atoms with Gasteiger partial charge in [0.25, 0.3) is 0 Å². The number of hydrogen-bond acceptors (Lipinski definition) is 6. The number of halogens is 1. The highest BCUT2D eigenvalue weighted by atomic mass is 19.1. The van der Waals surface area contributed by atoms with Crippen molar-refractivity contribution in [2.45, 2.75) is 64.6 Å². The number of carbonyl (C=O) groups excluding carboxylic acids is 1. The number of nitrogens with one attached hydrogen (secondary N) is 1. The van der Waals surface area contributed by atoms with Crippen LogP contribution < -0.4 is 16.0 Å². The molecule has 7 nitrogen and oxygen atoms in total. The van der Waals surface area contributed by atoms with Gasteiger partial charge in [0.15, 0.2) is 0 Å². The summed E-state index contributed by atoms with van der Waals surface area (Å²) in [5.74, 6) is -2.36. The molecule has 1 aromatic rings. The first-order chi connectivity index (χ1) is 13.5. The molecule has 1 heterocycles. The molecule has 2 aliphatic rings. The second-order valence-electron chi connectivity index (χ2n) is 9.03. The standard InChI is InChI=1S/C21H30FN3O4/c1-11-17(24-13-5-6-13)14(19(26)27)9-15(22)18(11)25-8-7-12(10-25)16(23)20(28)29-21(2,3)4/h9,12-13,16,24H,5-8,10,23H2,1-4H3,(H,26,27). The molecule has 2 atom stereocenters. The Hall–Kier alpha value is -2.35. The van der Waals surface area contributed by atoms with Crippen LogP contribution in [-0.2, 0) is 9.53 Å². The molecule has 8 heteroatoms. The fourth-order valence-electron chi connectivity index (χ4n) is 3.79. The van der Waals surface area contributed by atoms with Gasteiger partial charge in [-0.1, -0.05) is 0 Å². The molecule has 1 aromatic carbocycles. The number of anilines is 2. The molecule has 0 bridgehead atoms. The van der Waals surface area contributed by atoms with E-state index >= 15 is 0 Å². The van der Waals surface area contributed by atoms with Crippen molar-refractivity contribution in [1.82, 2.24) is 0 Å². The van der Waals surface area contributed by atoms with Crippen LogP contribution in [0.3, 0.4) is 0 Å². The molecule has 4 N–H and O–H groups in total. The SMILES string of the molecule is Cc1c(NC2CC2)c(C(=O)O)cc(F)c1N1CCC(C(N)C(=O)OC(C)(C)C)C1. The number of rotatable bonds is 6. The van der Waals surface area contributed by atoms with Crippen molar-refractivity contribution in [3.8, 4) is 0 Å². The molecule has 1 aliphatic heterocycles. The fraction of sp³-hybridized carbons (Fsp3) is 0.619. The topological polar surface area (TPSA) is 105 Å². The molecule has 2 unspecified atom stereocenters. The van der Waals surface area contributed by atoms with E-state index < -0.39 is 29.4 Å². The quantitative estimate of drug-likeness (QED) is 0.623. The van der Waals surface area contributed by atoms with Crippen molar-refractivity contribution < 1.29 is 23.8 Å². The average molecular weight is 407 g/mol. The Morgan fingerprint density at radius 3 is 2.55 bits per heavy atom. The van der Waals surface area contributed by atoms with Gasteiger partial charge in [-0.2, -0.15) is 0 Å². The molecular weight excluding hydrogens is 377 g/mol. The van der Waals surface area contributed by atoms with Crippen molar-refractivity contribution in [1.29, 1.82) is 0 Å². The second-order valence-corrected chi connectivity index (χ2v) is 9.03. The molecule has 0 spiro atoms. The smallest absolute Gasteiger partial charge is 0.337 e. The van der Waals surface area contributed by atoms with E-state index in [0.29, 0.717) is 36.4 Å². The summed E-state index contributed by atoms with van der Waals surface area (Å²) in [5.41, 5.74) is 6.86. The van der Waals surface area contributed by atoms with E-state index in [0.717, 1.165) is 18.9 Å². The molecular formula is C21H30FN3O4. The lowest BCUT2D eigenvalue weighted by Crippen LogP contribution is -2.43. The summed E-state index contributed by atoms with van der Waals surface area (Å²) in [6, 6.07) is 0.526. The minimum atomic E-state index is -1.16. The van der Waals surface area contributed by atoms with Gasteiger partial charge in [0, 0.05) is 25.0 Å². The number of ether oxygens (including phenoxy) is 1. The number of carboxylic acid groups (broad SMARTS) is 1. The predicted molar refractivity (Wildman–Crippen MR) is 109 cm³/mol. The van der Waals surface area contributed by atoms with Gasteiger partial charge < -0.3 is 25.8 Å². The van der Waals surface area contributed by atoms with E-state index in [4.69, 9.17) is 10.5 Å². The molecule has 0 aromatic heterocycles. The molecule has 160 valence electrons. The molecule has 1 aliphatic carbocycles. The third kappa shape index (κ3) is 4.80. The molecule has 0 amide bonds. The van der Waals surface area contributed by atoms with Crippen molar-refractivity contribution in [2.75, 3.05) is 23.3 Å². The van der Waals surface area contributed by atoms with E-state index in [1.54, 1.807) is 27.7 Å². The van der Waals surface area contributed by atoms with Gasteiger partial charge in [-0.3, -0.25) is 4.79 Å². The Morgan fingerprint density at radius 2 is 2.00 bits per heavy atom. The van der Waals surface area contributed by atoms with Crippen LogP contribution in [-0.4, -0.2) is 47.8 Å². The normalized spacial score (nSPS) is 20.5. The number of carboxylic acids is 1. The number of esters is 1. The van der Waals surface area contributed by atoms with Gasteiger partial charge >= 0.3 is 11.9 Å². The summed E-state index contributed by atoms with van der Waals surface area (Å²) in [4.78, 5) is 25.8. The van der Waals surface area contributed by atoms with Crippen molar-refractivity contribution >= 4 is 23.3 Å². The highest BCUT2D eigenvalue weighted by Gasteiger charge is 2.36. The van der Waals surface area contributed by atoms with Gasteiger partial charge in [0.05, 0.1) is 16.9 Å². The second kappa shape index (κ2) is 7.82. The van der Waals surface area contributed by atoms with Crippen LogP contribution in [0.2, 0.25) is 0 Å². The highest BCUT2D eigenvalue weighted by molar-refractivity contribution is 5.97. The molecule has 3 rings (SSSR count). The fourth-order valence-corrected chi connectivity index (χ4v) is 3.79. The number of aromatic carboxylic acids is 1. The number of benzene rings is 1.